The van der Waals surface area contributed by atoms with Crippen molar-refractivity contribution >= 4 is 35.1 Å². The summed E-state index contributed by atoms with van der Waals surface area (Å²) in [5.74, 6) is -1.49. The first-order valence-electron chi connectivity index (χ1n) is 10.0. The molecule has 0 spiro atoms. The number of nitrogens with zero attached hydrogens (tertiary/aromatic N) is 1. The van der Waals surface area contributed by atoms with Gasteiger partial charge in [0, 0.05) is 7.05 Å². The maximum Gasteiger partial charge on any atom is 0.338 e. The Kier molecular flexibility index (Phi) is 8.00. The van der Waals surface area contributed by atoms with Crippen LogP contribution in [-0.2, 0) is 20.7 Å². The highest BCUT2D eigenvalue weighted by atomic mass is 35.5. The van der Waals surface area contributed by atoms with Gasteiger partial charge in [0.15, 0.2) is 6.61 Å². The largest absolute Gasteiger partial charge is 0.452 e. The number of benzene rings is 3. The average Bonchev–Trinajstić information content (AvgIpc) is 2.79. The molecule has 0 saturated carbocycles. The van der Waals surface area contributed by atoms with Crippen molar-refractivity contribution in [3.05, 3.63) is 101 Å². The SMILES string of the molecule is CN(CC(=O)Nc1ccccc1Cl)C(=O)COC(=O)c1ccccc1Cc1ccccc1. The lowest BCUT2D eigenvalue weighted by atomic mass is 10.00. The van der Waals surface area contributed by atoms with Crippen LogP contribution in [0.1, 0.15) is 21.5 Å². The van der Waals surface area contributed by atoms with Gasteiger partial charge in [0.25, 0.3) is 5.91 Å². The molecule has 0 aromatic heterocycles. The molecule has 0 fully saturated rings. The van der Waals surface area contributed by atoms with Gasteiger partial charge in [-0.3, -0.25) is 9.59 Å². The van der Waals surface area contributed by atoms with Crippen LogP contribution in [0.3, 0.4) is 0 Å². The predicted octanol–water partition coefficient (Wildman–Crippen LogP) is 4.18. The van der Waals surface area contributed by atoms with Gasteiger partial charge in [0.2, 0.25) is 5.91 Å². The number of anilines is 1. The number of hydrogen-bond donors (Lipinski definition) is 1. The fourth-order valence-corrected chi connectivity index (χ4v) is 3.24. The van der Waals surface area contributed by atoms with Crippen LogP contribution in [0.5, 0.6) is 0 Å². The summed E-state index contributed by atoms with van der Waals surface area (Å²) >= 11 is 6.02. The fourth-order valence-electron chi connectivity index (χ4n) is 3.06. The van der Waals surface area contributed by atoms with Crippen LogP contribution in [0.2, 0.25) is 5.02 Å². The third-order valence-electron chi connectivity index (χ3n) is 4.76. The van der Waals surface area contributed by atoms with Crippen LogP contribution in [-0.4, -0.2) is 42.9 Å². The van der Waals surface area contributed by atoms with Crippen molar-refractivity contribution in [2.45, 2.75) is 6.42 Å². The minimum atomic E-state index is -0.584. The Morgan fingerprint density at radius 3 is 2.31 bits per heavy atom. The number of amides is 2. The van der Waals surface area contributed by atoms with Crippen LogP contribution < -0.4 is 5.32 Å². The van der Waals surface area contributed by atoms with Crippen molar-refractivity contribution in [3.63, 3.8) is 0 Å². The molecule has 6 nitrogen and oxygen atoms in total. The van der Waals surface area contributed by atoms with E-state index in [1.165, 1.54) is 11.9 Å². The summed E-state index contributed by atoms with van der Waals surface area (Å²) in [5.41, 5.74) is 2.74. The second-order valence-corrected chi connectivity index (χ2v) is 7.58. The molecule has 3 aromatic rings. The predicted molar refractivity (Wildman–Crippen MR) is 124 cm³/mol. The number of rotatable bonds is 8. The molecule has 2 amide bonds. The highest BCUT2D eigenvalue weighted by molar-refractivity contribution is 6.33. The van der Waals surface area contributed by atoms with Gasteiger partial charge in [0.1, 0.15) is 0 Å². The van der Waals surface area contributed by atoms with Gasteiger partial charge >= 0.3 is 5.97 Å². The first-order chi connectivity index (χ1) is 15.4. The summed E-state index contributed by atoms with van der Waals surface area (Å²) in [6, 6.07) is 23.7. The molecule has 1 N–H and O–H groups in total. The number of carbonyl (C=O) groups excluding carboxylic acids is 3. The van der Waals surface area contributed by atoms with Crippen molar-refractivity contribution < 1.29 is 19.1 Å². The molecule has 0 saturated heterocycles. The van der Waals surface area contributed by atoms with E-state index in [-0.39, 0.29) is 6.54 Å². The highest BCUT2D eigenvalue weighted by Gasteiger charge is 2.18. The maximum atomic E-state index is 12.6. The summed E-state index contributed by atoms with van der Waals surface area (Å²) in [6.45, 7) is -0.666. The lowest BCUT2D eigenvalue weighted by Crippen LogP contribution is -2.37. The van der Waals surface area contributed by atoms with Gasteiger partial charge in [-0.05, 0) is 35.7 Å². The third kappa shape index (κ3) is 6.43. The van der Waals surface area contributed by atoms with Crippen LogP contribution in [0, 0.1) is 0 Å². The van der Waals surface area contributed by atoms with Gasteiger partial charge in [0.05, 0.1) is 22.8 Å². The van der Waals surface area contributed by atoms with E-state index >= 15 is 0 Å². The summed E-state index contributed by atoms with van der Waals surface area (Å²) in [4.78, 5) is 38.3. The van der Waals surface area contributed by atoms with Crippen molar-refractivity contribution in [1.29, 1.82) is 0 Å². The number of ether oxygens (including phenoxy) is 1. The van der Waals surface area contributed by atoms with Crippen molar-refractivity contribution in [2.24, 2.45) is 0 Å². The highest BCUT2D eigenvalue weighted by Crippen LogP contribution is 2.20. The zero-order valence-electron chi connectivity index (χ0n) is 17.6. The summed E-state index contributed by atoms with van der Waals surface area (Å²) in [6.07, 6.45) is 0.572. The lowest BCUT2D eigenvalue weighted by Gasteiger charge is -2.17. The Balaban J connectivity index is 1.54. The quantitative estimate of drug-likeness (QED) is 0.522. The Hall–Kier alpha value is -3.64. The van der Waals surface area contributed by atoms with E-state index in [4.69, 9.17) is 16.3 Å². The summed E-state index contributed by atoms with van der Waals surface area (Å²) in [7, 11) is 1.46. The lowest BCUT2D eigenvalue weighted by molar-refractivity contribution is -0.136. The van der Waals surface area contributed by atoms with Crippen molar-refractivity contribution in [1.82, 2.24) is 4.90 Å². The topological polar surface area (TPSA) is 75.7 Å². The molecular weight excluding hydrogens is 428 g/mol. The van der Waals surface area contributed by atoms with E-state index in [0.29, 0.717) is 22.7 Å². The summed E-state index contributed by atoms with van der Waals surface area (Å²) < 4.78 is 5.23. The Morgan fingerprint density at radius 2 is 1.56 bits per heavy atom. The first kappa shape index (κ1) is 23.0. The molecule has 0 heterocycles. The number of carbonyl (C=O) groups is 3. The molecule has 0 aliphatic heterocycles. The second kappa shape index (κ2) is 11.1. The molecule has 0 aliphatic rings. The number of para-hydroxylation sites is 1. The van der Waals surface area contributed by atoms with Gasteiger partial charge in [-0.15, -0.1) is 0 Å². The minimum absolute atomic E-state index is 0.202. The van der Waals surface area contributed by atoms with Gasteiger partial charge in [-0.25, -0.2) is 4.79 Å². The van der Waals surface area contributed by atoms with E-state index in [1.807, 2.05) is 42.5 Å². The third-order valence-corrected chi connectivity index (χ3v) is 5.09. The molecular formula is C25H23ClN2O4. The van der Waals surface area contributed by atoms with E-state index in [0.717, 1.165) is 11.1 Å². The monoisotopic (exact) mass is 450 g/mol. The van der Waals surface area contributed by atoms with Gasteiger partial charge in [-0.2, -0.15) is 0 Å². The number of nitrogens with one attached hydrogen (secondary N) is 1. The zero-order valence-corrected chi connectivity index (χ0v) is 18.3. The maximum absolute atomic E-state index is 12.6. The average molecular weight is 451 g/mol. The number of halogens is 1. The molecule has 3 aromatic carbocycles. The van der Waals surface area contributed by atoms with E-state index in [1.54, 1.807) is 36.4 Å². The Morgan fingerprint density at radius 1 is 0.906 bits per heavy atom. The molecule has 7 heteroatoms. The number of hydrogen-bond acceptors (Lipinski definition) is 4. The van der Waals surface area contributed by atoms with E-state index in [2.05, 4.69) is 5.32 Å². The molecule has 164 valence electrons. The minimum Gasteiger partial charge on any atom is -0.452 e. The first-order valence-corrected chi connectivity index (χ1v) is 10.4. The molecule has 32 heavy (non-hydrogen) atoms. The molecule has 0 atom stereocenters. The van der Waals surface area contributed by atoms with Crippen molar-refractivity contribution in [2.75, 3.05) is 25.5 Å². The molecule has 0 unspecified atom stereocenters. The smallest absolute Gasteiger partial charge is 0.338 e. The van der Waals surface area contributed by atoms with Crippen LogP contribution in [0.25, 0.3) is 0 Å². The van der Waals surface area contributed by atoms with Gasteiger partial charge < -0.3 is 15.0 Å². The van der Waals surface area contributed by atoms with Crippen LogP contribution in [0.4, 0.5) is 5.69 Å². The molecule has 0 bridgehead atoms. The second-order valence-electron chi connectivity index (χ2n) is 7.17. The number of esters is 1. The van der Waals surface area contributed by atoms with E-state index in [9.17, 15) is 14.4 Å². The van der Waals surface area contributed by atoms with Crippen molar-refractivity contribution in [3.8, 4) is 0 Å². The summed E-state index contributed by atoms with van der Waals surface area (Å²) in [5, 5.41) is 3.05. The number of likely N-dealkylation sites (N-methyl/N-ethyl adjacent to an activating group) is 1. The Labute approximate surface area is 191 Å². The standard InChI is InChI=1S/C25H23ClN2O4/c1-28(16-23(29)27-22-14-8-7-13-21(22)26)24(30)17-32-25(31)20-12-6-5-11-19(20)15-18-9-3-2-4-10-18/h2-14H,15-17H2,1H3,(H,27,29). The zero-order chi connectivity index (χ0) is 22.9. The fraction of sp³-hybridized carbons (Fsp3) is 0.160. The Bertz CT molecular complexity index is 1100. The normalized spacial score (nSPS) is 10.3. The molecule has 0 radical (unpaired) electrons. The van der Waals surface area contributed by atoms with Gasteiger partial charge in [-0.1, -0.05) is 72.3 Å². The van der Waals surface area contributed by atoms with Crippen LogP contribution >= 0.6 is 11.6 Å². The molecule has 3 rings (SSSR count). The van der Waals surface area contributed by atoms with Crippen LogP contribution in [0.15, 0.2) is 78.9 Å². The molecule has 0 aliphatic carbocycles. The van der Waals surface area contributed by atoms with E-state index < -0.39 is 24.4 Å².